The lowest BCUT2D eigenvalue weighted by molar-refractivity contribution is 0.0525. The van der Waals surface area contributed by atoms with Gasteiger partial charge in [0, 0.05) is 56.4 Å². The van der Waals surface area contributed by atoms with Crippen LogP contribution in [0.25, 0.3) is 10.9 Å². The molecule has 1 aliphatic heterocycles. The highest BCUT2D eigenvalue weighted by Gasteiger charge is 2.25. The van der Waals surface area contributed by atoms with Gasteiger partial charge >= 0.3 is 0 Å². The first-order valence-corrected chi connectivity index (χ1v) is 8.91. The number of β-amino-alcohol motifs (C(OH)–C–C–N with tert-alkyl or cyclic N) is 1. The summed E-state index contributed by atoms with van der Waals surface area (Å²) in [5, 5.41) is 10.8. The number of aryl methyl sites for hydroxylation is 1. The molecule has 1 aromatic carbocycles. The SMILES string of the molecule is CCC(O)CN1CCN(C(=O)c2cn(CC)c3ccccc23)CC1. The normalized spacial score (nSPS) is 17.4. The number of aliphatic hydroxyl groups excluding tert-OH is 1. The van der Waals surface area contributed by atoms with Crippen molar-refractivity contribution in [3.63, 3.8) is 0 Å². The molecule has 0 bridgehead atoms. The average Bonchev–Trinajstić information content (AvgIpc) is 3.00. The Balaban J connectivity index is 1.72. The van der Waals surface area contributed by atoms with Gasteiger partial charge in [-0.15, -0.1) is 0 Å². The first-order chi connectivity index (χ1) is 11.6. The molecule has 1 atom stereocenters. The Morgan fingerprint density at radius 1 is 1.17 bits per heavy atom. The molecule has 5 nitrogen and oxygen atoms in total. The van der Waals surface area contributed by atoms with Crippen LogP contribution < -0.4 is 0 Å². The summed E-state index contributed by atoms with van der Waals surface area (Å²) < 4.78 is 2.14. The standard InChI is InChI=1S/C19H27N3O2/c1-3-15(23)13-20-9-11-22(12-10-20)19(24)17-14-21(4-2)18-8-6-5-7-16(17)18/h5-8,14-15,23H,3-4,9-13H2,1-2H3. The number of benzene rings is 1. The number of carbonyl (C=O) groups excluding carboxylic acids is 1. The summed E-state index contributed by atoms with van der Waals surface area (Å²) in [6, 6.07) is 8.10. The monoisotopic (exact) mass is 329 g/mol. The Morgan fingerprint density at radius 3 is 2.54 bits per heavy atom. The van der Waals surface area contributed by atoms with E-state index in [9.17, 15) is 9.90 Å². The summed E-state index contributed by atoms with van der Waals surface area (Å²) in [4.78, 5) is 17.2. The van der Waals surface area contributed by atoms with E-state index in [2.05, 4.69) is 22.5 Å². The lowest BCUT2D eigenvalue weighted by Gasteiger charge is -2.35. The van der Waals surface area contributed by atoms with Crippen LogP contribution in [-0.4, -0.2) is 64.2 Å². The fourth-order valence-electron chi connectivity index (χ4n) is 3.41. The molecule has 24 heavy (non-hydrogen) atoms. The van der Waals surface area contributed by atoms with Crippen molar-refractivity contribution in [2.45, 2.75) is 32.9 Å². The third kappa shape index (κ3) is 3.32. The molecule has 2 aromatic rings. The lowest BCUT2D eigenvalue weighted by atomic mass is 10.1. The van der Waals surface area contributed by atoms with Crippen LogP contribution in [0.5, 0.6) is 0 Å². The highest BCUT2D eigenvalue weighted by molar-refractivity contribution is 6.07. The van der Waals surface area contributed by atoms with Gasteiger partial charge in [-0.2, -0.15) is 0 Å². The van der Waals surface area contributed by atoms with Crippen LogP contribution >= 0.6 is 0 Å². The molecule has 1 saturated heterocycles. The van der Waals surface area contributed by atoms with Crippen LogP contribution in [0.3, 0.4) is 0 Å². The van der Waals surface area contributed by atoms with Crippen LogP contribution in [0.4, 0.5) is 0 Å². The van der Waals surface area contributed by atoms with Gasteiger partial charge in [-0.05, 0) is 19.4 Å². The minimum absolute atomic E-state index is 0.120. The smallest absolute Gasteiger partial charge is 0.256 e. The number of hydrogen-bond donors (Lipinski definition) is 1. The first kappa shape index (κ1) is 17.0. The first-order valence-electron chi connectivity index (χ1n) is 8.91. The molecule has 1 aliphatic rings. The second-order valence-corrected chi connectivity index (χ2v) is 6.50. The van der Waals surface area contributed by atoms with E-state index >= 15 is 0 Å². The number of piperazine rings is 1. The number of aromatic nitrogens is 1. The summed E-state index contributed by atoms with van der Waals surface area (Å²) in [5.41, 5.74) is 1.92. The number of para-hydroxylation sites is 1. The zero-order valence-electron chi connectivity index (χ0n) is 14.6. The fourth-order valence-corrected chi connectivity index (χ4v) is 3.41. The number of hydrogen-bond acceptors (Lipinski definition) is 3. The Labute approximate surface area is 143 Å². The third-order valence-electron chi connectivity index (χ3n) is 4.96. The molecule has 0 spiro atoms. The van der Waals surface area contributed by atoms with Crippen LogP contribution in [0.15, 0.2) is 30.5 Å². The molecule has 3 rings (SSSR count). The molecule has 0 saturated carbocycles. The molecule has 1 fully saturated rings. The molecule has 0 radical (unpaired) electrons. The van der Waals surface area contributed by atoms with Gasteiger partial charge in [0.15, 0.2) is 0 Å². The summed E-state index contributed by atoms with van der Waals surface area (Å²) in [5.74, 6) is 0.120. The zero-order valence-corrected chi connectivity index (χ0v) is 14.6. The minimum Gasteiger partial charge on any atom is -0.392 e. The number of nitrogens with zero attached hydrogens (tertiary/aromatic N) is 3. The summed E-state index contributed by atoms with van der Waals surface area (Å²) in [7, 11) is 0. The maximum Gasteiger partial charge on any atom is 0.256 e. The van der Waals surface area contributed by atoms with Gasteiger partial charge < -0.3 is 14.6 Å². The van der Waals surface area contributed by atoms with Crippen molar-refractivity contribution in [1.29, 1.82) is 0 Å². The summed E-state index contributed by atoms with van der Waals surface area (Å²) in [6.07, 6.45) is 2.49. The molecule has 2 heterocycles. The molecule has 0 aliphatic carbocycles. The summed E-state index contributed by atoms with van der Waals surface area (Å²) >= 11 is 0. The Hall–Kier alpha value is -1.85. The van der Waals surface area contributed by atoms with Crippen molar-refractivity contribution in [2.75, 3.05) is 32.7 Å². The van der Waals surface area contributed by atoms with E-state index in [1.807, 2.05) is 36.2 Å². The van der Waals surface area contributed by atoms with Gasteiger partial charge in [0.1, 0.15) is 0 Å². The van der Waals surface area contributed by atoms with E-state index in [0.29, 0.717) is 6.54 Å². The third-order valence-corrected chi connectivity index (χ3v) is 4.96. The van der Waals surface area contributed by atoms with E-state index in [1.54, 1.807) is 0 Å². The van der Waals surface area contributed by atoms with E-state index < -0.39 is 0 Å². The van der Waals surface area contributed by atoms with Crippen molar-refractivity contribution in [3.05, 3.63) is 36.0 Å². The Morgan fingerprint density at radius 2 is 1.88 bits per heavy atom. The molecule has 1 unspecified atom stereocenters. The fraction of sp³-hybridized carbons (Fsp3) is 0.526. The van der Waals surface area contributed by atoms with Gasteiger partial charge in [-0.1, -0.05) is 25.1 Å². The predicted octanol–water partition coefficient (Wildman–Crippen LogP) is 2.19. The zero-order chi connectivity index (χ0) is 17.1. The number of fused-ring (bicyclic) bond motifs is 1. The van der Waals surface area contributed by atoms with Gasteiger partial charge in [-0.25, -0.2) is 0 Å². The molecular formula is C19H27N3O2. The van der Waals surface area contributed by atoms with Gasteiger partial charge in [0.2, 0.25) is 0 Å². The number of aliphatic hydroxyl groups is 1. The Kier molecular flexibility index (Phi) is 5.21. The molecule has 1 aromatic heterocycles. The molecular weight excluding hydrogens is 302 g/mol. The number of amides is 1. The topological polar surface area (TPSA) is 48.7 Å². The van der Waals surface area contributed by atoms with E-state index in [1.165, 1.54) is 0 Å². The van der Waals surface area contributed by atoms with Crippen molar-refractivity contribution in [1.82, 2.24) is 14.4 Å². The average molecular weight is 329 g/mol. The van der Waals surface area contributed by atoms with Crippen LogP contribution in [0, 0.1) is 0 Å². The molecule has 130 valence electrons. The largest absolute Gasteiger partial charge is 0.392 e. The molecule has 1 N–H and O–H groups in total. The van der Waals surface area contributed by atoms with Crippen LogP contribution in [0.1, 0.15) is 30.6 Å². The van der Waals surface area contributed by atoms with E-state index in [0.717, 1.165) is 55.6 Å². The highest BCUT2D eigenvalue weighted by atomic mass is 16.3. The van der Waals surface area contributed by atoms with Gasteiger partial charge in [0.05, 0.1) is 11.7 Å². The van der Waals surface area contributed by atoms with Crippen molar-refractivity contribution < 1.29 is 9.90 Å². The predicted molar refractivity (Wildman–Crippen MR) is 96.3 cm³/mol. The van der Waals surface area contributed by atoms with Gasteiger partial charge in [-0.3, -0.25) is 9.69 Å². The second-order valence-electron chi connectivity index (χ2n) is 6.50. The number of rotatable bonds is 5. The van der Waals surface area contributed by atoms with Crippen LogP contribution in [0.2, 0.25) is 0 Å². The Bertz CT molecular complexity index is 702. The minimum atomic E-state index is -0.269. The van der Waals surface area contributed by atoms with Crippen molar-refractivity contribution in [3.8, 4) is 0 Å². The van der Waals surface area contributed by atoms with Crippen molar-refractivity contribution >= 4 is 16.8 Å². The van der Waals surface area contributed by atoms with Crippen molar-refractivity contribution in [2.24, 2.45) is 0 Å². The highest BCUT2D eigenvalue weighted by Crippen LogP contribution is 2.23. The maximum atomic E-state index is 13.0. The van der Waals surface area contributed by atoms with Crippen LogP contribution in [-0.2, 0) is 6.54 Å². The van der Waals surface area contributed by atoms with E-state index in [4.69, 9.17) is 0 Å². The van der Waals surface area contributed by atoms with Gasteiger partial charge in [0.25, 0.3) is 5.91 Å². The second kappa shape index (κ2) is 7.36. The van der Waals surface area contributed by atoms with E-state index in [-0.39, 0.29) is 12.0 Å². The summed E-state index contributed by atoms with van der Waals surface area (Å²) in [6.45, 7) is 8.75. The molecule has 5 heteroatoms. The molecule has 1 amide bonds. The number of carbonyl (C=O) groups is 1. The maximum absolute atomic E-state index is 13.0. The quantitative estimate of drug-likeness (QED) is 0.915. The lowest BCUT2D eigenvalue weighted by Crippen LogP contribution is -2.50.